The van der Waals surface area contributed by atoms with Crippen molar-refractivity contribution in [3.63, 3.8) is 0 Å². The number of benzene rings is 1. The van der Waals surface area contributed by atoms with Crippen molar-refractivity contribution in [2.24, 2.45) is 0 Å². The largest absolute Gasteiger partial charge is 0.361 e. The Bertz CT molecular complexity index is 766. The van der Waals surface area contributed by atoms with Gasteiger partial charge in [-0.05, 0) is 17.2 Å². The minimum Gasteiger partial charge on any atom is -0.361 e. The van der Waals surface area contributed by atoms with Crippen LogP contribution in [0.5, 0.6) is 0 Å². The Hall–Kier alpha value is -2.09. The zero-order chi connectivity index (χ0) is 12.3. The van der Waals surface area contributed by atoms with Crippen molar-refractivity contribution < 1.29 is 0 Å². The van der Waals surface area contributed by atoms with Crippen LogP contribution in [0.15, 0.2) is 42.7 Å². The lowest BCUT2D eigenvalue weighted by Gasteiger charge is -2.19. The predicted molar refractivity (Wildman–Crippen MR) is 73.7 cm³/mol. The average Bonchev–Trinajstić information content (AvgIpc) is 2.92. The van der Waals surface area contributed by atoms with Crippen molar-refractivity contribution in [3.8, 4) is 11.1 Å². The smallest absolute Gasteiger partial charge is 0.0603 e. The quantitative estimate of drug-likeness (QED) is 0.628. The molecule has 0 saturated carbocycles. The third-order valence-electron chi connectivity index (χ3n) is 4.06. The molecule has 0 atom stereocenters. The van der Waals surface area contributed by atoms with Crippen molar-refractivity contribution in [1.82, 2.24) is 9.97 Å². The van der Waals surface area contributed by atoms with E-state index < -0.39 is 0 Å². The summed E-state index contributed by atoms with van der Waals surface area (Å²) in [5.41, 5.74) is 6.34. The van der Waals surface area contributed by atoms with Gasteiger partial charge in [-0.25, -0.2) is 0 Å². The highest BCUT2D eigenvalue weighted by atomic mass is 14.8. The Morgan fingerprint density at radius 3 is 2.83 bits per heavy atom. The van der Waals surface area contributed by atoms with Gasteiger partial charge in [-0.2, -0.15) is 0 Å². The first kappa shape index (κ1) is 9.89. The average molecular weight is 234 g/mol. The molecule has 0 saturated heterocycles. The van der Waals surface area contributed by atoms with Gasteiger partial charge >= 0.3 is 0 Å². The Morgan fingerprint density at radius 2 is 1.94 bits per heavy atom. The second-order valence-electron chi connectivity index (χ2n) is 5.46. The molecule has 1 aromatic carbocycles. The summed E-state index contributed by atoms with van der Waals surface area (Å²) in [7, 11) is 0. The Labute approximate surface area is 106 Å². The van der Waals surface area contributed by atoms with Gasteiger partial charge in [-0.15, -0.1) is 0 Å². The molecule has 2 aromatic heterocycles. The fraction of sp³-hybridized carbons (Fsp3) is 0.188. The number of hydrogen-bond acceptors (Lipinski definition) is 1. The number of aromatic amines is 1. The number of aromatic nitrogens is 2. The molecule has 0 unspecified atom stereocenters. The molecular formula is C16H14N2. The Kier molecular flexibility index (Phi) is 1.66. The van der Waals surface area contributed by atoms with Gasteiger partial charge in [-0.3, -0.25) is 4.98 Å². The molecule has 4 rings (SSSR count). The highest BCUT2D eigenvalue weighted by Gasteiger charge is 2.37. The van der Waals surface area contributed by atoms with Crippen LogP contribution in [0.25, 0.3) is 22.0 Å². The summed E-state index contributed by atoms with van der Waals surface area (Å²) in [6, 6.07) is 10.7. The van der Waals surface area contributed by atoms with Gasteiger partial charge in [-0.1, -0.05) is 38.1 Å². The molecule has 0 aliphatic heterocycles. The maximum absolute atomic E-state index is 4.71. The van der Waals surface area contributed by atoms with E-state index in [4.69, 9.17) is 4.98 Å². The van der Waals surface area contributed by atoms with Gasteiger partial charge in [0.05, 0.1) is 11.2 Å². The number of H-pyrrole nitrogens is 1. The van der Waals surface area contributed by atoms with Crippen LogP contribution in [0.1, 0.15) is 25.1 Å². The predicted octanol–water partition coefficient (Wildman–Crippen LogP) is 3.87. The van der Waals surface area contributed by atoms with Crippen molar-refractivity contribution in [1.29, 1.82) is 0 Å². The van der Waals surface area contributed by atoms with Crippen molar-refractivity contribution in [2.75, 3.05) is 0 Å². The molecule has 18 heavy (non-hydrogen) atoms. The summed E-state index contributed by atoms with van der Waals surface area (Å²) in [5, 5.41) is 1.18. The van der Waals surface area contributed by atoms with Crippen LogP contribution in [0, 0.1) is 0 Å². The molecule has 1 N–H and O–H groups in total. The van der Waals surface area contributed by atoms with E-state index in [0.29, 0.717) is 0 Å². The summed E-state index contributed by atoms with van der Waals surface area (Å²) in [5.74, 6) is 0. The zero-order valence-corrected chi connectivity index (χ0v) is 10.5. The first-order chi connectivity index (χ1) is 8.69. The topological polar surface area (TPSA) is 28.7 Å². The molecular weight excluding hydrogens is 220 g/mol. The van der Waals surface area contributed by atoms with Crippen LogP contribution in [-0.2, 0) is 5.41 Å². The summed E-state index contributed by atoms with van der Waals surface area (Å²) < 4.78 is 0. The van der Waals surface area contributed by atoms with E-state index in [1.165, 1.54) is 33.3 Å². The SMILES string of the molecule is CC1(C)c2ccccc2-c2c1ncc1cc[nH]c21. The Morgan fingerprint density at radius 1 is 1.11 bits per heavy atom. The third kappa shape index (κ3) is 1.01. The molecule has 2 heterocycles. The molecule has 0 radical (unpaired) electrons. The van der Waals surface area contributed by atoms with Crippen LogP contribution in [0.4, 0.5) is 0 Å². The van der Waals surface area contributed by atoms with E-state index in [9.17, 15) is 0 Å². The van der Waals surface area contributed by atoms with Gasteiger partial charge in [0.15, 0.2) is 0 Å². The fourth-order valence-electron chi connectivity index (χ4n) is 3.13. The summed E-state index contributed by atoms with van der Waals surface area (Å²) in [4.78, 5) is 8.07. The van der Waals surface area contributed by atoms with E-state index in [1.54, 1.807) is 0 Å². The van der Waals surface area contributed by atoms with Gasteiger partial charge in [0, 0.05) is 28.8 Å². The molecule has 1 aliphatic rings. The molecule has 3 aromatic rings. The number of fused-ring (bicyclic) bond motifs is 5. The third-order valence-corrected chi connectivity index (χ3v) is 4.06. The normalized spacial score (nSPS) is 15.7. The second kappa shape index (κ2) is 3.02. The van der Waals surface area contributed by atoms with E-state index >= 15 is 0 Å². The number of hydrogen-bond donors (Lipinski definition) is 1. The monoisotopic (exact) mass is 234 g/mol. The van der Waals surface area contributed by atoms with Gasteiger partial charge in [0.2, 0.25) is 0 Å². The maximum Gasteiger partial charge on any atom is 0.0603 e. The van der Waals surface area contributed by atoms with E-state index in [-0.39, 0.29) is 5.41 Å². The molecule has 0 bridgehead atoms. The lowest BCUT2D eigenvalue weighted by Crippen LogP contribution is -2.16. The van der Waals surface area contributed by atoms with Gasteiger partial charge < -0.3 is 4.98 Å². The number of pyridine rings is 1. The molecule has 0 amide bonds. The van der Waals surface area contributed by atoms with Crippen molar-refractivity contribution in [2.45, 2.75) is 19.3 Å². The second-order valence-corrected chi connectivity index (χ2v) is 5.46. The van der Waals surface area contributed by atoms with Gasteiger partial charge in [0.25, 0.3) is 0 Å². The van der Waals surface area contributed by atoms with Crippen LogP contribution in [-0.4, -0.2) is 9.97 Å². The number of rotatable bonds is 0. The molecule has 2 heteroatoms. The first-order valence-corrected chi connectivity index (χ1v) is 6.26. The van der Waals surface area contributed by atoms with E-state index in [0.717, 1.165) is 0 Å². The summed E-state index contributed by atoms with van der Waals surface area (Å²) >= 11 is 0. The van der Waals surface area contributed by atoms with Crippen LogP contribution in [0.3, 0.4) is 0 Å². The van der Waals surface area contributed by atoms with Crippen molar-refractivity contribution in [3.05, 3.63) is 54.0 Å². The van der Waals surface area contributed by atoms with Crippen LogP contribution < -0.4 is 0 Å². The Balaban J connectivity index is 2.23. The molecule has 88 valence electrons. The standard InChI is InChI=1S/C16H14N2/c1-16(2)12-6-4-3-5-11(12)13-14-10(7-8-17-14)9-18-15(13)16/h3-9,17H,1-2H3. The maximum atomic E-state index is 4.71. The van der Waals surface area contributed by atoms with E-state index in [2.05, 4.69) is 49.2 Å². The van der Waals surface area contributed by atoms with Crippen LogP contribution in [0.2, 0.25) is 0 Å². The number of nitrogens with zero attached hydrogens (tertiary/aromatic N) is 1. The fourth-order valence-corrected chi connectivity index (χ4v) is 3.13. The lowest BCUT2D eigenvalue weighted by molar-refractivity contribution is 0.638. The summed E-state index contributed by atoms with van der Waals surface area (Å²) in [6.07, 6.45) is 3.96. The lowest BCUT2D eigenvalue weighted by atomic mass is 9.85. The highest BCUT2D eigenvalue weighted by molar-refractivity contribution is 5.98. The van der Waals surface area contributed by atoms with Gasteiger partial charge in [0.1, 0.15) is 0 Å². The first-order valence-electron chi connectivity index (χ1n) is 6.26. The minimum atomic E-state index is -0.00870. The molecule has 0 spiro atoms. The summed E-state index contributed by atoms with van der Waals surface area (Å²) in [6.45, 7) is 4.50. The minimum absolute atomic E-state index is 0.00870. The molecule has 0 fully saturated rings. The van der Waals surface area contributed by atoms with Crippen LogP contribution >= 0.6 is 0 Å². The highest BCUT2D eigenvalue weighted by Crippen LogP contribution is 2.49. The van der Waals surface area contributed by atoms with Crippen molar-refractivity contribution >= 4 is 10.9 Å². The zero-order valence-electron chi connectivity index (χ0n) is 10.5. The molecule has 2 nitrogen and oxygen atoms in total. The molecule has 1 aliphatic carbocycles. The van der Waals surface area contributed by atoms with E-state index in [1.807, 2.05) is 12.4 Å². The number of nitrogens with one attached hydrogen (secondary N) is 1.